The summed E-state index contributed by atoms with van der Waals surface area (Å²) in [5.74, 6) is 0.668. The quantitative estimate of drug-likeness (QED) is 0.867. The number of nitrogens with zero attached hydrogens (tertiary/aromatic N) is 2. The molecule has 0 spiro atoms. The monoisotopic (exact) mass is 235 g/mol. The molecule has 2 aromatic rings. The zero-order chi connectivity index (χ0) is 12.6. The second-order valence-electron chi connectivity index (χ2n) is 3.81. The van der Waals surface area contributed by atoms with Gasteiger partial charge in [-0.3, -0.25) is 0 Å². The Hall–Kier alpha value is -2.04. The minimum Gasteiger partial charge on any atom is -0.496 e. The van der Waals surface area contributed by atoms with E-state index in [2.05, 4.69) is 4.98 Å². The lowest BCUT2D eigenvalue weighted by Gasteiger charge is -2.10. The largest absolute Gasteiger partial charge is 0.496 e. The van der Waals surface area contributed by atoms with Crippen LogP contribution in [0, 0.1) is 12.7 Å². The molecule has 0 amide bonds. The molecule has 0 bridgehead atoms. The Balaban J connectivity index is 2.71. The fourth-order valence-corrected chi connectivity index (χ4v) is 1.90. The lowest BCUT2D eigenvalue weighted by molar-refractivity contribution is 0.415. The van der Waals surface area contributed by atoms with Crippen LogP contribution in [-0.2, 0) is 7.05 Å². The highest BCUT2D eigenvalue weighted by Gasteiger charge is 2.16. The van der Waals surface area contributed by atoms with E-state index in [1.165, 1.54) is 12.1 Å². The maximum Gasteiger partial charge on any atom is 0.200 e. The van der Waals surface area contributed by atoms with Gasteiger partial charge in [0, 0.05) is 12.6 Å². The maximum atomic E-state index is 13.3. The number of nitrogens with two attached hydrogens (primary N) is 1. The summed E-state index contributed by atoms with van der Waals surface area (Å²) in [6, 6.07) is 4.37. The minimum absolute atomic E-state index is 0.319. The number of anilines is 1. The van der Waals surface area contributed by atoms with Crippen molar-refractivity contribution >= 4 is 5.95 Å². The number of aryl methyl sites for hydroxylation is 1. The number of ether oxygens (including phenoxy) is 1. The third-order valence-electron chi connectivity index (χ3n) is 2.72. The predicted molar refractivity (Wildman–Crippen MR) is 64.3 cm³/mol. The first kappa shape index (κ1) is 11.4. The van der Waals surface area contributed by atoms with E-state index < -0.39 is 0 Å². The van der Waals surface area contributed by atoms with Gasteiger partial charge in [-0.15, -0.1) is 0 Å². The van der Waals surface area contributed by atoms with Gasteiger partial charge in [0.2, 0.25) is 5.95 Å². The third-order valence-corrected chi connectivity index (χ3v) is 2.72. The molecule has 0 unspecified atom stereocenters. The van der Waals surface area contributed by atoms with Crippen LogP contribution < -0.4 is 10.5 Å². The SMILES string of the molecule is COc1ccc(F)cc1-c1c(C)nc(N)n1C. The molecule has 1 heterocycles. The van der Waals surface area contributed by atoms with Crippen LogP contribution in [0.2, 0.25) is 0 Å². The highest BCUT2D eigenvalue weighted by Crippen LogP contribution is 2.33. The third kappa shape index (κ3) is 1.84. The molecule has 0 aliphatic rings. The van der Waals surface area contributed by atoms with Crippen molar-refractivity contribution in [3.8, 4) is 17.0 Å². The first-order valence-electron chi connectivity index (χ1n) is 5.17. The summed E-state index contributed by atoms with van der Waals surface area (Å²) in [5.41, 5.74) is 7.88. The number of hydrogen-bond acceptors (Lipinski definition) is 3. The number of halogens is 1. The fraction of sp³-hybridized carbons (Fsp3) is 0.250. The molecule has 0 aliphatic carbocycles. The van der Waals surface area contributed by atoms with Gasteiger partial charge < -0.3 is 15.0 Å². The molecule has 5 heteroatoms. The van der Waals surface area contributed by atoms with Crippen molar-refractivity contribution < 1.29 is 9.13 Å². The summed E-state index contributed by atoms with van der Waals surface area (Å²) in [6.07, 6.45) is 0. The fourth-order valence-electron chi connectivity index (χ4n) is 1.90. The van der Waals surface area contributed by atoms with Gasteiger partial charge in [-0.1, -0.05) is 0 Å². The zero-order valence-electron chi connectivity index (χ0n) is 9.99. The molecule has 1 aromatic carbocycles. The van der Waals surface area contributed by atoms with E-state index >= 15 is 0 Å². The van der Waals surface area contributed by atoms with Crippen molar-refractivity contribution in [3.05, 3.63) is 29.7 Å². The minimum atomic E-state index is -0.319. The Kier molecular flexibility index (Phi) is 2.75. The van der Waals surface area contributed by atoms with E-state index in [-0.39, 0.29) is 5.82 Å². The van der Waals surface area contributed by atoms with E-state index in [0.29, 0.717) is 17.3 Å². The standard InChI is InChI=1S/C12H14FN3O/c1-7-11(16(2)12(14)15-7)9-6-8(13)4-5-10(9)17-3/h4-6H,1-3H3,(H2,14,15). The van der Waals surface area contributed by atoms with E-state index in [4.69, 9.17) is 10.5 Å². The van der Waals surface area contributed by atoms with Gasteiger partial charge in [-0.05, 0) is 25.1 Å². The summed E-state index contributed by atoms with van der Waals surface area (Å²) in [5, 5.41) is 0. The van der Waals surface area contributed by atoms with Crippen molar-refractivity contribution in [3.63, 3.8) is 0 Å². The van der Waals surface area contributed by atoms with Gasteiger partial charge in [0.15, 0.2) is 0 Å². The average molecular weight is 235 g/mol. The zero-order valence-corrected chi connectivity index (χ0v) is 9.99. The van der Waals surface area contributed by atoms with Gasteiger partial charge >= 0.3 is 0 Å². The molecule has 4 nitrogen and oxygen atoms in total. The van der Waals surface area contributed by atoms with E-state index in [0.717, 1.165) is 11.4 Å². The smallest absolute Gasteiger partial charge is 0.200 e. The van der Waals surface area contributed by atoms with Crippen LogP contribution in [0.25, 0.3) is 11.3 Å². The number of rotatable bonds is 2. The Labute approximate surface area is 98.8 Å². The number of benzene rings is 1. The maximum absolute atomic E-state index is 13.3. The molecule has 0 atom stereocenters. The van der Waals surface area contributed by atoms with E-state index in [1.54, 1.807) is 24.8 Å². The molecule has 0 saturated heterocycles. The molecule has 17 heavy (non-hydrogen) atoms. The normalized spacial score (nSPS) is 10.6. The number of imidazole rings is 1. The molecule has 0 fully saturated rings. The summed E-state index contributed by atoms with van der Waals surface area (Å²) in [7, 11) is 3.33. The Morgan fingerprint density at radius 1 is 1.41 bits per heavy atom. The molecular formula is C12H14FN3O. The van der Waals surface area contributed by atoms with Crippen molar-refractivity contribution in [2.45, 2.75) is 6.92 Å². The van der Waals surface area contributed by atoms with Crippen molar-refractivity contribution in [2.24, 2.45) is 7.05 Å². The Morgan fingerprint density at radius 3 is 2.65 bits per heavy atom. The van der Waals surface area contributed by atoms with E-state index in [1.807, 2.05) is 6.92 Å². The van der Waals surface area contributed by atoms with Crippen molar-refractivity contribution in [1.82, 2.24) is 9.55 Å². The molecule has 90 valence electrons. The first-order chi connectivity index (χ1) is 8.04. The lowest BCUT2D eigenvalue weighted by atomic mass is 10.1. The Morgan fingerprint density at radius 2 is 2.12 bits per heavy atom. The number of aromatic nitrogens is 2. The van der Waals surface area contributed by atoms with Gasteiger partial charge in [-0.25, -0.2) is 9.37 Å². The van der Waals surface area contributed by atoms with Gasteiger partial charge in [-0.2, -0.15) is 0 Å². The van der Waals surface area contributed by atoms with Crippen LogP contribution in [0.3, 0.4) is 0 Å². The highest BCUT2D eigenvalue weighted by atomic mass is 19.1. The summed E-state index contributed by atoms with van der Waals surface area (Å²) in [4.78, 5) is 4.15. The first-order valence-corrected chi connectivity index (χ1v) is 5.17. The van der Waals surface area contributed by atoms with Gasteiger partial charge in [0.05, 0.1) is 18.5 Å². The summed E-state index contributed by atoms with van der Waals surface area (Å²) in [6.45, 7) is 1.83. The number of methoxy groups -OCH3 is 1. The van der Waals surface area contributed by atoms with Crippen LogP contribution in [-0.4, -0.2) is 16.7 Å². The lowest BCUT2D eigenvalue weighted by Crippen LogP contribution is -2.00. The topological polar surface area (TPSA) is 53.1 Å². The average Bonchev–Trinajstić information content (AvgIpc) is 2.53. The highest BCUT2D eigenvalue weighted by molar-refractivity contribution is 5.71. The molecule has 2 rings (SSSR count). The molecule has 0 radical (unpaired) electrons. The van der Waals surface area contributed by atoms with Crippen LogP contribution in [0.1, 0.15) is 5.69 Å². The van der Waals surface area contributed by atoms with Gasteiger partial charge in [0.1, 0.15) is 11.6 Å². The van der Waals surface area contributed by atoms with Crippen molar-refractivity contribution in [2.75, 3.05) is 12.8 Å². The predicted octanol–water partition coefficient (Wildman–Crippen LogP) is 2.13. The van der Waals surface area contributed by atoms with Crippen LogP contribution in [0.4, 0.5) is 10.3 Å². The Bertz CT molecular complexity index is 563. The second kappa shape index (κ2) is 4.08. The summed E-state index contributed by atoms with van der Waals surface area (Å²) < 4.78 is 20.3. The van der Waals surface area contributed by atoms with Crippen LogP contribution in [0.15, 0.2) is 18.2 Å². The molecule has 2 N–H and O–H groups in total. The number of hydrogen-bond donors (Lipinski definition) is 1. The molecule has 0 saturated carbocycles. The van der Waals surface area contributed by atoms with Crippen LogP contribution >= 0.6 is 0 Å². The molecule has 0 aliphatic heterocycles. The molecular weight excluding hydrogens is 221 g/mol. The second-order valence-corrected chi connectivity index (χ2v) is 3.81. The van der Waals surface area contributed by atoms with Crippen molar-refractivity contribution in [1.29, 1.82) is 0 Å². The summed E-state index contributed by atoms with van der Waals surface area (Å²) >= 11 is 0. The molecule has 1 aromatic heterocycles. The van der Waals surface area contributed by atoms with Gasteiger partial charge in [0.25, 0.3) is 0 Å². The number of nitrogen functional groups attached to an aromatic ring is 1. The van der Waals surface area contributed by atoms with E-state index in [9.17, 15) is 4.39 Å². The van der Waals surface area contributed by atoms with Crippen LogP contribution in [0.5, 0.6) is 5.75 Å².